The van der Waals surface area contributed by atoms with Crippen molar-refractivity contribution in [1.29, 1.82) is 0 Å². The molecule has 2 saturated heterocycles. The standard InChI is InChI=1S/C14H25NO4/c1-10(2)15-7-3-4-11(8-15)14-18-9-12(19-14)5-6-13(16)17/h10-12,14H,3-9H2,1-2H3,(H,16,17). The van der Waals surface area contributed by atoms with Crippen molar-refractivity contribution in [2.75, 3.05) is 19.7 Å². The maximum atomic E-state index is 10.6. The number of hydrogen-bond acceptors (Lipinski definition) is 4. The van der Waals surface area contributed by atoms with Crippen molar-refractivity contribution in [1.82, 2.24) is 4.90 Å². The van der Waals surface area contributed by atoms with E-state index in [1.54, 1.807) is 0 Å². The third-order valence-corrected chi connectivity index (χ3v) is 4.06. The summed E-state index contributed by atoms with van der Waals surface area (Å²) < 4.78 is 11.6. The molecule has 2 aliphatic rings. The molecule has 5 nitrogen and oxygen atoms in total. The van der Waals surface area contributed by atoms with Gasteiger partial charge in [-0.2, -0.15) is 0 Å². The monoisotopic (exact) mass is 271 g/mol. The van der Waals surface area contributed by atoms with Gasteiger partial charge >= 0.3 is 5.97 Å². The van der Waals surface area contributed by atoms with Gasteiger partial charge in [0.15, 0.2) is 6.29 Å². The van der Waals surface area contributed by atoms with Crippen LogP contribution in [-0.4, -0.2) is 54.1 Å². The molecule has 3 atom stereocenters. The molecule has 1 N–H and O–H groups in total. The first kappa shape index (κ1) is 14.8. The zero-order valence-electron chi connectivity index (χ0n) is 11.9. The van der Waals surface area contributed by atoms with Crippen LogP contribution in [0.2, 0.25) is 0 Å². The first-order chi connectivity index (χ1) is 9.06. The van der Waals surface area contributed by atoms with E-state index in [0.717, 1.165) is 19.5 Å². The average molecular weight is 271 g/mol. The van der Waals surface area contributed by atoms with Gasteiger partial charge in [-0.15, -0.1) is 0 Å². The fraction of sp³-hybridized carbons (Fsp3) is 0.929. The Hall–Kier alpha value is -0.650. The van der Waals surface area contributed by atoms with Crippen LogP contribution >= 0.6 is 0 Å². The summed E-state index contributed by atoms with van der Waals surface area (Å²) in [5.41, 5.74) is 0. The molecule has 3 unspecified atom stereocenters. The van der Waals surface area contributed by atoms with Gasteiger partial charge in [-0.1, -0.05) is 0 Å². The predicted molar refractivity (Wildman–Crippen MR) is 70.9 cm³/mol. The molecule has 0 amide bonds. The molecule has 2 heterocycles. The maximum Gasteiger partial charge on any atom is 0.303 e. The van der Waals surface area contributed by atoms with Crippen LogP contribution in [0.3, 0.4) is 0 Å². The van der Waals surface area contributed by atoms with Gasteiger partial charge in [0.1, 0.15) is 0 Å². The molecule has 19 heavy (non-hydrogen) atoms. The van der Waals surface area contributed by atoms with Crippen molar-refractivity contribution < 1.29 is 19.4 Å². The van der Waals surface area contributed by atoms with Crippen LogP contribution in [0.4, 0.5) is 0 Å². The Kier molecular flexibility index (Phi) is 5.19. The summed E-state index contributed by atoms with van der Waals surface area (Å²) in [6.45, 7) is 7.15. The summed E-state index contributed by atoms with van der Waals surface area (Å²) in [5, 5.41) is 8.68. The van der Waals surface area contributed by atoms with Gasteiger partial charge in [0.05, 0.1) is 12.7 Å². The Morgan fingerprint density at radius 1 is 1.47 bits per heavy atom. The zero-order chi connectivity index (χ0) is 13.8. The SMILES string of the molecule is CC(C)N1CCCC(C2OCC(CCC(=O)O)O2)C1. The molecule has 0 aromatic carbocycles. The maximum absolute atomic E-state index is 10.6. The summed E-state index contributed by atoms with van der Waals surface area (Å²) in [6.07, 6.45) is 2.84. The van der Waals surface area contributed by atoms with E-state index in [4.69, 9.17) is 14.6 Å². The van der Waals surface area contributed by atoms with Gasteiger partial charge in [-0.25, -0.2) is 0 Å². The molecule has 0 aromatic heterocycles. The molecule has 2 aliphatic heterocycles. The summed E-state index contributed by atoms with van der Waals surface area (Å²) in [4.78, 5) is 13.0. The summed E-state index contributed by atoms with van der Waals surface area (Å²) in [7, 11) is 0. The highest BCUT2D eigenvalue weighted by Crippen LogP contribution is 2.28. The molecule has 2 fully saturated rings. The Morgan fingerprint density at radius 2 is 2.26 bits per heavy atom. The molecule has 0 aromatic rings. The van der Waals surface area contributed by atoms with E-state index >= 15 is 0 Å². The Morgan fingerprint density at radius 3 is 2.95 bits per heavy atom. The molecule has 0 saturated carbocycles. The molecular weight excluding hydrogens is 246 g/mol. The molecule has 2 rings (SSSR count). The van der Waals surface area contributed by atoms with Crippen LogP contribution in [0.25, 0.3) is 0 Å². The number of hydrogen-bond donors (Lipinski definition) is 1. The summed E-state index contributed by atoms with van der Waals surface area (Å²) in [5.74, 6) is -0.346. The number of carboxylic acids is 1. The first-order valence-electron chi connectivity index (χ1n) is 7.29. The van der Waals surface area contributed by atoms with Crippen LogP contribution in [0, 0.1) is 5.92 Å². The van der Waals surface area contributed by atoms with Gasteiger partial charge < -0.3 is 19.5 Å². The average Bonchev–Trinajstić information content (AvgIpc) is 2.85. The van der Waals surface area contributed by atoms with Crippen LogP contribution in [-0.2, 0) is 14.3 Å². The molecule has 0 bridgehead atoms. The fourth-order valence-electron chi connectivity index (χ4n) is 2.88. The lowest BCUT2D eigenvalue weighted by atomic mass is 9.96. The van der Waals surface area contributed by atoms with E-state index in [1.165, 1.54) is 6.42 Å². The second-order valence-corrected chi connectivity index (χ2v) is 5.88. The van der Waals surface area contributed by atoms with E-state index in [-0.39, 0.29) is 18.8 Å². The minimum Gasteiger partial charge on any atom is -0.481 e. The zero-order valence-corrected chi connectivity index (χ0v) is 11.9. The number of piperidine rings is 1. The highest BCUT2D eigenvalue weighted by molar-refractivity contribution is 5.66. The largest absolute Gasteiger partial charge is 0.481 e. The van der Waals surface area contributed by atoms with Crippen LogP contribution in [0.1, 0.15) is 39.5 Å². The van der Waals surface area contributed by atoms with E-state index in [1.807, 2.05) is 0 Å². The topological polar surface area (TPSA) is 59.0 Å². The smallest absolute Gasteiger partial charge is 0.303 e. The van der Waals surface area contributed by atoms with Gasteiger partial charge in [0.2, 0.25) is 0 Å². The van der Waals surface area contributed by atoms with Gasteiger partial charge in [-0.05, 0) is 39.7 Å². The van der Waals surface area contributed by atoms with Crippen molar-refractivity contribution in [2.45, 2.75) is 58.0 Å². The Balaban J connectivity index is 1.78. The first-order valence-corrected chi connectivity index (χ1v) is 7.29. The van der Waals surface area contributed by atoms with Crippen molar-refractivity contribution in [3.8, 4) is 0 Å². The fourth-order valence-corrected chi connectivity index (χ4v) is 2.88. The summed E-state index contributed by atoms with van der Waals surface area (Å²) >= 11 is 0. The highest BCUT2D eigenvalue weighted by Gasteiger charge is 2.35. The highest BCUT2D eigenvalue weighted by atomic mass is 16.7. The number of carbonyl (C=O) groups is 1. The molecule has 5 heteroatoms. The normalized spacial score (nSPS) is 32.9. The number of likely N-dealkylation sites (tertiary alicyclic amines) is 1. The van der Waals surface area contributed by atoms with E-state index in [2.05, 4.69) is 18.7 Å². The van der Waals surface area contributed by atoms with Crippen molar-refractivity contribution in [3.63, 3.8) is 0 Å². The number of ether oxygens (including phenoxy) is 2. The van der Waals surface area contributed by atoms with Crippen molar-refractivity contribution >= 4 is 5.97 Å². The second kappa shape index (κ2) is 6.68. The minimum absolute atomic E-state index is 0.0458. The predicted octanol–water partition coefficient (Wildman–Crippen LogP) is 1.71. The van der Waals surface area contributed by atoms with E-state index in [9.17, 15) is 4.79 Å². The van der Waals surface area contributed by atoms with E-state index in [0.29, 0.717) is 25.0 Å². The number of rotatable bonds is 5. The lowest BCUT2D eigenvalue weighted by Gasteiger charge is -2.37. The van der Waals surface area contributed by atoms with Gasteiger partial charge in [0.25, 0.3) is 0 Å². The molecule has 0 aliphatic carbocycles. The number of carboxylic acid groups (broad SMARTS) is 1. The third-order valence-electron chi connectivity index (χ3n) is 4.06. The molecular formula is C14H25NO4. The Bertz CT molecular complexity index is 308. The molecule has 0 spiro atoms. The number of aliphatic carboxylic acids is 1. The minimum atomic E-state index is -0.768. The lowest BCUT2D eigenvalue weighted by molar-refractivity contribution is -0.138. The molecule has 0 radical (unpaired) electrons. The van der Waals surface area contributed by atoms with Crippen molar-refractivity contribution in [3.05, 3.63) is 0 Å². The number of nitrogens with zero attached hydrogens (tertiary/aromatic N) is 1. The van der Waals surface area contributed by atoms with Crippen molar-refractivity contribution in [2.24, 2.45) is 5.92 Å². The quantitative estimate of drug-likeness (QED) is 0.825. The van der Waals surface area contributed by atoms with E-state index < -0.39 is 5.97 Å². The molecule has 110 valence electrons. The second-order valence-electron chi connectivity index (χ2n) is 5.88. The lowest BCUT2D eigenvalue weighted by Crippen LogP contribution is -2.44. The third kappa shape index (κ3) is 4.16. The van der Waals surface area contributed by atoms with Crippen LogP contribution in [0.5, 0.6) is 0 Å². The summed E-state index contributed by atoms with van der Waals surface area (Å²) in [6, 6.07) is 0.562. The van der Waals surface area contributed by atoms with Crippen LogP contribution in [0.15, 0.2) is 0 Å². The van der Waals surface area contributed by atoms with Gasteiger partial charge in [-0.3, -0.25) is 4.79 Å². The van der Waals surface area contributed by atoms with Gasteiger partial charge in [0, 0.05) is 24.9 Å². The van der Waals surface area contributed by atoms with Crippen LogP contribution < -0.4 is 0 Å². The Labute approximate surface area is 114 Å².